The molecule has 0 atom stereocenters. The lowest BCUT2D eigenvalue weighted by molar-refractivity contribution is -0.0399. The quantitative estimate of drug-likeness (QED) is 0.181. The van der Waals surface area contributed by atoms with E-state index in [4.69, 9.17) is 0 Å². The number of fused-ring (bicyclic) bond motifs is 7. The van der Waals surface area contributed by atoms with Crippen molar-refractivity contribution in [3.8, 4) is 11.1 Å². The lowest BCUT2D eigenvalue weighted by Crippen LogP contribution is -2.55. The minimum atomic E-state index is 0.145. The Morgan fingerprint density at radius 1 is 0.500 bits per heavy atom. The molecule has 50 heavy (non-hydrogen) atoms. The van der Waals surface area contributed by atoms with Gasteiger partial charge < -0.3 is 4.90 Å². The molecule has 1 spiro atoms. The summed E-state index contributed by atoms with van der Waals surface area (Å²) >= 11 is 1.92. The van der Waals surface area contributed by atoms with Crippen LogP contribution in [0.4, 0.5) is 17.1 Å². The van der Waals surface area contributed by atoms with Crippen molar-refractivity contribution in [1.29, 1.82) is 0 Å². The van der Waals surface area contributed by atoms with E-state index in [9.17, 15) is 0 Å². The van der Waals surface area contributed by atoms with E-state index in [1.807, 2.05) is 11.3 Å². The largest absolute Gasteiger partial charge is 0.310 e. The number of hydrogen-bond acceptors (Lipinski definition) is 2. The summed E-state index contributed by atoms with van der Waals surface area (Å²) in [7, 11) is 0. The van der Waals surface area contributed by atoms with E-state index in [-0.39, 0.29) is 16.2 Å². The molecule has 12 rings (SSSR count). The Hall–Kier alpha value is -3.88. The Kier molecular flexibility index (Phi) is 6.04. The van der Waals surface area contributed by atoms with Gasteiger partial charge in [0.25, 0.3) is 0 Å². The molecule has 1 aromatic heterocycles. The van der Waals surface area contributed by atoms with Crippen LogP contribution in [-0.4, -0.2) is 0 Å². The Labute approximate surface area is 301 Å². The molecule has 0 amide bonds. The highest BCUT2D eigenvalue weighted by molar-refractivity contribution is 7.25. The van der Waals surface area contributed by atoms with Gasteiger partial charge in [-0.2, -0.15) is 0 Å². The zero-order chi connectivity index (χ0) is 33.6. The predicted molar refractivity (Wildman–Crippen MR) is 213 cm³/mol. The number of hydrogen-bond donors (Lipinski definition) is 0. The molecule has 6 aliphatic rings. The van der Waals surface area contributed by atoms with E-state index in [0.29, 0.717) is 0 Å². The summed E-state index contributed by atoms with van der Waals surface area (Å²) in [6.45, 7) is 9.80. The minimum Gasteiger partial charge on any atom is -0.310 e. The molecule has 5 aromatic carbocycles. The van der Waals surface area contributed by atoms with Gasteiger partial charge in [-0.15, -0.1) is 11.3 Å². The number of rotatable bonds is 3. The van der Waals surface area contributed by atoms with Crippen molar-refractivity contribution in [2.45, 2.75) is 88.9 Å². The lowest BCUT2D eigenvalue weighted by Gasteiger charge is -2.61. The molecule has 6 aliphatic carbocycles. The van der Waals surface area contributed by atoms with Crippen molar-refractivity contribution in [2.24, 2.45) is 23.7 Å². The monoisotopic (exact) mass is 669 g/mol. The number of benzene rings is 5. The highest BCUT2D eigenvalue weighted by Gasteiger charge is 2.61. The van der Waals surface area contributed by atoms with E-state index in [1.165, 1.54) is 104 Å². The van der Waals surface area contributed by atoms with E-state index >= 15 is 0 Å². The molecule has 2 heteroatoms. The first-order chi connectivity index (χ1) is 24.2. The second-order valence-corrected chi connectivity index (χ2v) is 19.1. The second-order valence-electron chi connectivity index (χ2n) is 18.1. The number of nitrogens with zero attached hydrogens (tertiary/aromatic N) is 1. The molecular formula is C48H47NS. The molecular weight excluding hydrogens is 623 g/mol. The molecule has 0 unspecified atom stereocenters. The zero-order valence-electron chi connectivity index (χ0n) is 29.9. The van der Waals surface area contributed by atoms with Crippen molar-refractivity contribution in [2.75, 3.05) is 4.90 Å². The van der Waals surface area contributed by atoms with Gasteiger partial charge in [0.05, 0.1) is 0 Å². The number of thiophene rings is 1. The smallest absolute Gasteiger partial charge is 0.0476 e. The van der Waals surface area contributed by atoms with Gasteiger partial charge in [-0.1, -0.05) is 88.4 Å². The molecule has 0 aliphatic heterocycles. The molecule has 4 fully saturated rings. The van der Waals surface area contributed by atoms with Crippen molar-refractivity contribution in [3.05, 3.63) is 125 Å². The molecule has 0 radical (unpaired) electrons. The van der Waals surface area contributed by atoms with Crippen LogP contribution in [0.25, 0.3) is 31.3 Å². The predicted octanol–water partition coefficient (Wildman–Crippen LogP) is 13.6. The van der Waals surface area contributed by atoms with E-state index in [0.717, 1.165) is 23.7 Å². The first-order valence-electron chi connectivity index (χ1n) is 19.3. The van der Waals surface area contributed by atoms with Crippen molar-refractivity contribution in [3.63, 3.8) is 0 Å². The summed E-state index contributed by atoms with van der Waals surface area (Å²) in [6.07, 6.45) is 9.57. The van der Waals surface area contributed by atoms with Crippen molar-refractivity contribution in [1.82, 2.24) is 0 Å². The van der Waals surface area contributed by atoms with Gasteiger partial charge in [-0.25, -0.2) is 0 Å². The summed E-state index contributed by atoms with van der Waals surface area (Å²) in [4.78, 5) is 2.61. The maximum absolute atomic E-state index is 2.67. The third kappa shape index (κ3) is 3.95. The van der Waals surface area contributed by atoms with Gasteiger partial charge in [-0.3, -0.25) is 0 Å². The highest BCUT2D eigenvalue weighted by Crippen LogP contribution is 2.69. The van der Waals surface area contributed by atoms with Crippen LogP contribution >= 0.6 is 11.3 Å². The standard InChI is InChI=1S/C48H47NS/c1-46(2)19-20-47(3,4)43-27-34(15-18-41(43)46)49(35-14-17-39-38-10-6-8-12-44(38)50-45(39)28-35)33-13-16-37-36-9-5-7-11-40(36)48(42(37)26-33)31-22-29-21-30(24-31)25-32(48)23-29/h5-18,26-32H,19-25H2,1-4H3. The maximum Gasteiger partial charge on any atom is 0.0476 e. The highest BCUT2D eigenvalue weighted by atomic mass is 32.1. The van der Waals surface area contributed by atoms with Gasteiger partial charge >= 0.3 is 0 Å². The Morgan fingerprint density at radius 3 is 1.86 bits per heavy atom. The van der Waals surface area contributed by atoms with Crippen LogP contribution in [0.5, 0.6) is 0 Å². The number of anilines is 3. The summed E-state index contributed by atoms with van der Waals surface area (Å²) in [5.74, 6) is 3.39. The van der Waals surface area contributed by atoms with Crippen LogP contribution < -0.4 is 4.90 Å². The fraction of sp³-hybridized carbons (Fsp3) is 0.375. The third-order valence-corrected chi connectivity index (χ3v) is 15.6. The van der Waals surface area contributed by atoms with Crippen LogP contribution in [0.1, 0.15) is 94.9 Å². The van der Waals surface area contributed by atoms with E-state index < -0.39 is 0 Å². The molecule has 0 N–H and O–H groups in total. The topological polar surface area (TPSA) is 3.24 Å². The van der Waals surface area contributed by atoms with Gasteiger partial charge in [0, 0.05) is 42.6 Å². The average molecular weight is 670 g/mol. The fourth-order valence-electron chi connectivity index (χ4n) is 12.3. The zero-order valence-corrected chi connectivity index (χ0v) is 30.7. The van der Waals surface area contributed by atoms with Crippen LogP contribution in [0.15, 0.2) is 103 Å². The molecule has 250 valence electrons. The summed E-state index contributed by atoms with van der Waals surface area (Å²) in [6, 6.07) is 40.7. The van der Waals surface area contributed by atoms with E-state index in [1.54, 1.807) is 11.1 Å². The van der Waals surface area contributed by atoms with Gasteiger partial charge in [0.15, 0.2) is 0 Å². The summed E-state index contributed by atoms with van der Waals surface area (Å²) < 4.78 is 2.72. The molecule has 4 saturated carbocycles. The van der Waals surface area contributed by atoms with Crippen LogP contribution in [0, 0.1) is 23.7 Å². The van der Waals surface area contributed by atoms with Gasteiger partial charge in [0.2, 0.25) is 0 Å². The Balaban J connectivity index is 1.14. The average Bonchev–Trinajstić information content (AvgIpc) is 3.62. The normalized spacial score (nSPS) is 27.8. The van der Waals surface area contributed by atoms with Crippen molar-refractivity contribution < 1.29 is 0 Å². The molecule has 6 aromatic rings. The fourth-order valence-corrected chi connectivity index (χ4v) is 13.4. The summed E-state index contributed by atoms with van der Waals surface area (Å²) in [5, 5.41) is 2.72. The molecule has 1 nitrogen and oxygen atoms in total. The van der Waals surface area contributed by atoms with Crippen molar-refractivity contribution >= 4 is 48.6 Å². The first-order valence-corrected chi connectivity index (χ1v) is 20.1. The van der Waals surface area contributed by atoms with Gasteiger partial charge in [-0.05, 0) is 155 Å². The molecule has 1 heterocycles. The lowest BCUT2D eigenvalue weighted by atomic mass is 9.43. The molecule has 0 saturated heterocycles. The Bertz CT molecular complexity index is 2340. The van der Waals surface area contributed by atoms with Crippen LogP contribution in [-0.2, 0) is 16.2 Å². The van der Waals surface area contributed by atoms with Gasteiger partial charge in [0.1, 0.15) is 0 Å². The SMILES string of the molecule is CC1(C)CCC(C)(C)c2cc(N(c3ccc4c(c3)C3(c5ccccc5-4)C4CC5CC(C4)CC3C5)c3ccc4c(c3)sc3ccccc34)ccc21. The first kappa shape index (κ1) is 29.8. The summed E-state index contributed by atoms with van der Waals surface area (Å²) in [5.41, 5.74) is 13.6. The Morgan fingerprint density at radius 2 is 1.08 bits per heavy atom. The maximum atomic E-state index is 2.67. The third-order valence-electron chi connectivity index (χ3n) is 14.5. The molecule has 4 bridgehead atoms. The van der Waals surface area contributed by atoms with Crippen LogP contribution in [0.2, 0.25) is 0 Å². The minimum absolute atomic E-state index is 0.145. The van der Waals surface area contributed by atoms with Crippen LogP contribution in [0.3, 0.4) is 0 Å². The van der Waals surface area contributed by atoms with E-state index in [2.05, 4.69) is 136 Å². The second kappa shape index (κ2) is 10.1.